The number of fused-ring (bicyclic) bond motifs is 3. The predicted molar refractivity (Wildman–Crippen MR) is 80.0 cm³/mol. The summed E-state index contributed by atoms with van der Waals surface area (Å²) in [6.45, 7) is 0. The highest BCUT2D eigenvalue weighted by Gasteiger charge is 2.23. The van der Waals surface area contributed by atoms with Gasteiger partial charge in [-0.1, -0.05) is 24.6 Å². The van der Waals surface area contributed by atoms with Crippen molar-refractivity contribution in [2.75, 3.05) is 6.26 Å². The summed E-state index contributed by atoms with van der Waals surface area (Å²) >= 11 is 3.15. The minimum absolute atomic E-state index is 0.584. The summed E-state index contributed by atoms with van der Waals surface area (Å²) in [6, 6.07) is 0.584. The normalized spacial score (nSPS) is 16.9. The molecule has 0 bridgehead atoms. The summed E-state index contributed by atoms with van der Waals surface area (Å²) in [6.07, 6.45) is 11.1. The molecule has 0 unspecified atom stereocenters. The first-order valence-corrected chi connectivity index (χ1v) is 8.53. The lowest BCUT2D eigenvalue weighted by atomic mass is 10.2. The molecular weight excluding hydrogens is 276 g/mol. The zero-order valence-electron chi connectivity index (χ0n) is 10.7. The first-order chi connectivity index (χ1) is 9.38. The van der Waals surface area contributed by atoms with Crippen LogP contribution < -0.4 is 0 Å². The zero-order valence-corrected chi connectivity index (χ0v) is 12.3. The first kappa shape index (κ1) is 11.7. The third-order valence-electron chi connectivity index (χ3n) is 3.90. The van der Waals surface area contributed by atoms with E-state index in [-0.39, 0.29) is 0 Å². The largest absolute Gasteiger partial charge is 0.320 e. The van der Waals surface area contributed by atoms with Crippen molar-refractivity contribution in [2.45, 2.75) is 36.9 Å². The Morgan fingerprint density at radius 3 is 2.95 bits per heavy atom. The third-order valence-corrected chi connectivity index (χ3v) is 5.29. The third kappa shape index (κ3) is 1.70. The molecule has 3 aromatic heterocycles. The molecule has 1 saturated carbocycles. The van der Waals surface area contributed by atoms with E-state index in [0.717, 1.165) is 16.2 Å². The van der Waals surface area contributed by atoms with Gasteiger partial charge in [0.2, 0.25) is 0 Å². The van der Waals surface area contributed by atoms with Gasteiger partial charge in [0.25, 0.3) is 0 Å². The highest BCUT2D eigenvalue weighted by Crippen LogP contribution is 2.38. The van der Waals surface area contributed by atoms with Crippen molar-refractivity contribution in [2.24, 2.45) is 0 Å². The van der Waals surface area contributed by atoms with Gasteiger partial charge >= 0.3 is 0 Å². The maximum Gasteiger partial charge on any atom is 0.189 e. The highest BCUT2D eigenvalue weighted by molar-refractivity contribution is 7.98. The Hall–Kier alpha value is -1.14. The molecule has 98 valence electrons. The smallest absolute Gasteiger partial charge is 0.189 e. The van der Waals surface area contributed by atoms with Crippen LogP contribution in [-0.4, -0.2) is 25.2 Å². The van der Waals surface area contributed by atoms with Gasteiger partial charge in [0.1, 0.15) is 5.65 Å². The number of rotatable bonds is 2. The molecule has 4 rings (SSSR count). The lowest BCUT2D eigenvalue weighted by molar-refractivity contribution is 0.545. The van der Waals surface area contributed by atoms with Gasteiger partial charge in [0.15, 0.2) is 5.16 Å². The SMILES string of the molecule is CSc1ncc2c3sncc3n(C3CCCC3)c2n1. The van der Waals surface area contributed by atoms with E-state index in [2.05, 4.69) is 13.9 Å². The molecule has 0 saturated heterocycles. The van der Waals surface area contributed by atoms with Crippen LogP contribution in [-0.2, 0) is 0 Å². The molecule has 0 spiro atoms. The van der Waals surface area contributed by atoms with Gasteiger partial charge in [0, 0.05) is 12.2 Å². The fourth-order valence-corrected chi connectivity index (χ4v) is 4.12. The Balaban J connectivity index is 2.06. The number of aromatic nitrogens is 4. The second kappa shape index (κ2) is 4.45. The molecule has 0 amide bonds. The molecule has 3 heterocycles. The molecule has 0 aliphatic heterocycles. The molecular formula is C13H14N4S2. The van der Waals surface area contributed by atoms with E-state index in [4.69, 9.17) is 4.98 Å². The second-order valence-corrected chi connectivity index (χ2v) is 6.52. The fraction of sp³-hybridized carbons (Fsp3) is 0.462. The van der Waals surface area contributed by atoms with Gasteiger partial charge in [0.05, 0.1) is 21.8 Å². The number of hydrogen-bond acceptors (Lipinski definition) is 5. The van der Waals surface area contributed by atoms with Gasteiger partial charge in [-0.05, 0) is 30.6 Å². The van der Waals surface area contributed by atoms with Crippen molar-refractivity contribution in [3.8, 4) is 0 Å². The number of thioether (sulfide) groups is 1. The van der Waals surface area contributed by atoms with Crippen LogP contribution in [0.15, 0.2) is 17.6 Å². The molecule has 19 heavy (non-hydrogen) atoms. The number of nitrogens with zero attached hydrogens (tertiary/aromatic N) is 4. The molecule has 1 aliphatic rings. The van der Waals surface area contributed by atoms with Gasteiger partial charge in [-0.3, -0.25) is 0 Å². The quantitative estimate of drug-likeness (QED) is 0.530. The molecule has 1 fully saturated rings. The Kier molecular flexibility index (Phi) is 2.73. The Morgan fingerprint density at radius 1 is 1.32 bits per heavy atom. The molecule has 0 aromatic carbocycles. The van der Waals surface area contributed by atoms with Gasteiger partial charge in [-0.25, -0.2) is 9.97 Å². The highest BCUT2D eigenvalue weighted by atomic mass is 32.2. The maximum absolute atomic E-state index is 4.74. The fourth-order valence-electron chi connectivity index (χ4n) is 3.04. The molecule has 0 radical (unpaired) electrons. The lowest BCUT2D eigenvalue weighted by Crippen LogP contribution is -2.05. The van der Waals surface area contributed by atoms with Crippen molar-refractivity contribution in [3.05, 3.63) is 12.4 Å². The Bertz CT molecular complexity index is 740. The summed E-state index contributed by atoms with van der Waals surface area (Å²) in [5, 5.41) is 2.01. The summed E-state index contributed by atoms with van der Waals surface area (Å²) in [4.78, 5) is 9.15. The van der Waals surface area contributed by atoms with Crippen molar-refractivity contribution in [1.29, 1.82) is 0 Å². The molecule has 3 aromatic rings. The standard InChI is InChI=1S/C13H14N4S2/c1-18-13-14-6-9-11-10(7-15-19-11)17(12(9)16-13)8-4-2-3-5-8/h6-8H,2-5H2,1H3. The van der Waals surface area contributed by atoms with E-state index >= 15 is 0 Å². The van der Waals surface area contributed by atoms with Crippen LogP contribution in [0.2, 0.25) is 0 Å². The van der Waals surface area contributed by atoms with Crippen LogP contribution in [0.4, 0.5) is 0 Å². The summed E-state index contributed by atoms with van der Waals surface area (Å²) in [5.41, 5.74) is 2.33. The summed E-state index contributed by atoms with van der Waals surface area (Å²) in [5.74, 6) is 0. The Labute approximate surface area is 119 Å². The summed E-state index contributed by atoms with van der Waals surface area (Å²) < 4.78 is 7.98. The van der Waals surface area contributed by atoms with Crippen molar-refractivity contribution >= 4 is 44.5 Å². The average Bonchev–Trinajstić information content (AvgIpc) is 3.14. The van der Waals surface area contributed by atoms with E-state index in [1.165, 1.54) is 35.9 Å². The second-order valence-electron chi connectivity index (χ2n) is 4.94. The van der Waals surface area contributed by atoms with E-state index in [1.54, 1.807) is 23.3 Å². The minimum atomic E-state index is 0.584. The molecule has 4 nitrogen and oxygen atoms in total. The van der Waals surface area contributed by atoms with Crippen LogP contribution in [0, 0.1) is 0 Å². The van der Waals surface area contributed by atoms with Crippen molar-refractivity contribution in [1.82, 2.24) is 18.9 Å². The molecule has 6 heteroatoms. The minimum Gasteiger partial charge on any atom is -0.320 e. The van der Waals surface area contributed by atoms with Crippen LogP contribution in [0.3, 0.4) is 0 Å². The van der Waals surface area contributed by atoms with Gasteiger partial charge in [-0.2, -0.15) is 4.37 Å². The van der Waals surface area contributed by atoms with Gasteiger partial charge < -0.3 is 4.57 Å². The van der Waals surface area contributed by atoms with Gasteiger partial charge in [-0.15, -0.1) is 0 Å². The number of hydrogen-bond donors (Lipinski definition) is 0. The molecule has 0 atom stereocenters. The van der Waals surface area contributed by atoms with Crippen molar-refractivity contribution in [3.63, 3.8) is 0 Å². The first-order valence-electron chi connectivity index (χ1n) is 6.54. The monoisotopic (exact) mass is 290 g/mol. The zero-order chi connectivity index (χ0) is 12.8. The van der Waals surface area contributed by atoms with Crippen LogP contribution in [0.25, 0.3) is 21.3 Å². The van der Waals surface area contributed by atoms with Crippen molar-refractivity contribution < 1.29 is 0 Å². The Morgan fingerprint density at radius 2 is 2.16 bits per heavy atom. The predicted octanol–water partition coefficient (Wildman–Crippen LogP) is 3.88. The van der Waals surface area contributed by atoms with E-state index in [0.29, 0.717) is 6.04 Å². The average molecular weight is 290 g/mol. The van der Waals surface area contributed by atoms with E-state index in [1.807, 2.05) is 18.6 Å². The lowest BCUT2D eigenvalue weighted by Gasteiger charge is -2.13. The summed E-state index contributed by atoms with van der Waals surface area (Å²) in [7, 11) is 0. The van der Waals surface area contributed by atoms with E-state index in [9.17, 15) is 0 Å². The van der Waals surface area contributed by atoms with E-state index < -0.39 is 0 Å². The van der Waals surface area contributed by atoms with Crippen LogP contribution in [0.1, 0.15) is 31.7 Å². The van der Waals surface area contributed by atoms with Crippen LogP contribution in [0.5, 0.6) is 0 Å². The maximum atomic E-state index is 4.74. The molecule has 1 aliphatic carbocycles. The molecule has 0 N–H and O–H groups in total. The van der Waals surface area contributed by atoms with Crippen LogP contribution >= 0.6 is 23.3 Å². The topological polar surface area (TPSA) is 43.6 Å².